The van der Waals surface area contributed by atoms with Crippen LogP contribution in [-0.4, -0.2) is 82.5 Å². The van der Waals surface area contributed by atoms with E-state index in [-0.39, 0.29) is 40.7 Å². The molecule has 2 aliphatic carbocycles. The highest BCUT2D eigenvalue weighted by Gasteiger charge is 2.47. The summed E-state index contributed by atoms with van der Waals surface area (Å²) >= 11 is 0. The van der Waals surface area contributed by atoms with Crippen LogP contribution >= 0.6 is 0 Å². The van der Waals surface area contributed by atoms with Crippen molar-refractivity contribution in [3.63, 3.8) is 0 Å². The molecule has 7 atom stereocenters. The first-order valence-electron chi connectivity index (χ1n) is 12.1. The van der Waals surface area contributed by atoms with Gasteiger partial charge in [-0.15, -0.1) is 0 Å². The number of phenols is 1. The summed E-state index contributed by atoms with van der Waals surface area (Å²) in [6, 6.07) is 6.07. The van der Waals surface area contributed by atoms with Gasteiger partial charge in [-0.2, -0.15) is 0 Å². The van der Waals surface area contributed by atoms with E-state index in [0.29, 0.717) is 11.3 Å². The Morgan fingerprint density at radius 2 is 1.76 bits per heavy atom. The van der Waals surface area contributed by atoms with Gasteiger partial charge in [-0.1, -0.05) is 0 Å². The van der Waals surface area contributed by atoms with E-state index in [0.717, 1.165) is 0 Å². The lowest BCUT2D eigenvalue weighted by Crippen LogP contribution is -2.58. The zero-order valence-electron chi connectivity index (χ0n) is 20.9. The smallest absolute Gasteiger partial charge is 0.198 e. The Kier molecular flexibility index (Phi) is 6.38. The Labute approximate surface area is 213 Å². The number of methoxy groups -OCH3 is 2. The molecule has 0 amide bonds. The Balaban J connectivity index is 1.59. The highest BCUT2D eigenvalue weighted by molar-refractivity contribution is 6.29. The number of aliphatic hydroxyl groups is 3. The van der Waals surface area contributed by atoms with Crippen molar-refractivity contribution in [2.75, 3.05) is 14.2 Å². The molecule has 0 saturated carbocycles. The highest BCUT2D eigenvalue weighted by Crippen LogP contribution is 2.48. The summed E-state index contributed by atoms with van der Waals surface area (Å²) in [5.41, 5.74) is -0.343. The average molecular weight is 515 g/mol. The number of ketones is 2. The Morgan fingerprint density at radius 1 is 1.03 bits per heavy atom. The first-order valence-corrected chi connectivity index (χ1v) is 12.1. The fourth-order valence-corrected chi connectivity index (χ4v) is 5.59. The van der Waals surface area contributed by atoms with Gasteiger partial charge in [0.1, 0.15) is 29.8 Å². The second-order valence-electron chi connectivity index (χ2n) is 10.2. The second kappa shape index (κ2) is 9.16. The summed E-state index contributed by atoms with van der Waals surface area (Å²) in [4.78, 5) is 26.9. The lowest BCUT2D eigenvalue weighted by molar-refractivity contribution is -0.313. The third-order valence-corrected chi connectivity index (χ3v) is 7.49. The monoisotopic (exact) mass is 514 g/mol. The predicted octanol–water partition coefficient (Wildman–Crippen LogP) is 1.41. The van der Waals surface area contributed by atoms with Crippen LogP contribution in [0, 0.1) is 0 Å². The van der Waals surface area contributed by atoms with E-state index in [1.165, 1.54) is 32.4 Å². The van der Waals surface area contributed by atoms with Crippen LogP contribution in [0.1, 0.15) is 69.3 Å². The number of fused-ring (bicyclic) bond motifs is 3. The molecule has 37 heavy (non-hydrogen) atoms. The van der Waals surface area contributed by atoms with E-state index < -0.39 is 59.7 Å². The van der Waals surface area contributed by atoms with E-state index in [4.69, 9.17) is 18.9 Å². The largest absolute Gasteiger partial charge is 0.507 e. The number of ether oxygens (including phenoxy) is 4. The number of benzene rings is 2. The summed E-state index contributed by atoms with van der Waals surface area (Å²) in [5, 5.41) is 43.1. The molecule has 0 aromatic heterocycles. The maximum absolute atomic E-state index is 13.5. The number of rotatable bonds is 4. The van der Waals surface area contributed by atoms with Crippen molar-refractivity contribution in [2.24, 2.45) is 0 Å². The third kappa shape index (κ3) is 4.14. The van der Waals surface area contributed by atoms with Crippen LogP contribution in [0.5, 0.6) is 11.5 Å². The molecule has 1 heterocycles. The lowest BCUT2D eigenvalue weighted by Gasteiger charge is -2.44. The number of aromatic hydroxyl groups is 1. The molecule has 2 aromatic carbocycles. The molecular formula is C27H30O10. The molecule has 10 nitrogen and oxygen atoms in total. The molecule has 0 bridgehead atoms. The maximum atomic E-state index is 13.5. The van der Waals surface area contributed by atoms with Crippen molar-refractivity contribution in [2.45, 2.75) is 69.1 Å². The van der Waals surface area contributed by atoms with Gasteiger partial charge in [-0.05, 0) is 43.7 Å². The lowest BCUT2D eigenvalue weighted by atomic mass is 9.74. The predicted molar refractivity (Wildman–Crippen MR) is 128 cm³/mol. The summed E-state index contributed by atoms with van der Waals surface area (Å²) in [6.07, 6.45) is -6.31. The zero-order chi connectivity index (χ0) is 26.8. The standard InChI is InChI=1S/C27H30O10/c1-11-20(28)24(32)25(35-4)26(36-11)37-17-10-27(2,33)9-12-7-16-19(23(31)18(12)17)22(30)14-6-5-13(34-3)8-15(14)21(16)29/h5-8,11,17,20,24-26,28,31-33H,9-10H2,1-4H3. The van der Waals surface area contributed by atoms with Crippen LogP contribution < -0.4 is 4.74 Å². The minimum absolute atomic E-state index is 0.0333. The van der Waals surface area contributed by atoms with Crippen LogP contribution in [0.15, 0.2) is 24.3 Å². The Hall–Kier alpha value is -2.86. The summed E-state index contributed by atoms with van der Waals surface area (Å²) in [6.45, 7) is 3.18. The molecule has 0 radical (unpaired) electrons. The zero-order valence-corrected chi connectivity index (χ0v) is 20.9. The number of aliphatic hydroxyl groups excluding tert-OH is 2. The van der Waals surface area contributed by atoms with E-state index >= 15 is 0 Å². The Bertz CT molecular complexity index is 1270. The molecule has 2 aromatic rings. The number of carbonyl (C=O) groups excluding carboxylic acids is 2. The molecular weight excluding hydrogens is 484 g/mol. The van der Waals surface area contributed by atoms with E-state index in [9.17, 15) is 30.0 Å². The minimum atomic E-state index is -1.30. The molecule has 1 fully saturated rings. The molecule has 3 aliphatic rings. The first-order chi connectivity index (χ1) is 17.5. The van der Waals surface area contributed by atoms with Crippen LogP contribution in [0.25, 0.3) is 0 Å². The van der Waals surface area contributed by atoms with Crippen molar-refractivity contribution in [1.82, 2.24) is 0 Å². The van der Waals surface area contributed by atoms with Crippen LogP contribution in [0.3, 0.4) is 0 Å². The van der Waals surface area contributed by atoms with Gasteiger partial charge in [0.2, 0.25) is 0 Å². The molecule has 7 unspecified atom stereocenters. The van der Waals surface area contributed by atoms with Gasteiger partial charge in [0.25, 0.3) is 0 Å². The van der Waals surface area contributed by atoms with E-state index in [1.54, 1.807) is 19.9 Å². The Morgan fingerprint density at radius 3 is 2.43 bits per heavy atom. The molecule has 4 N–H and O–H groups in total. The van der Waals surface area contributed by atoms with Crippen LogP contribution in [0.2, 0.25) is 0 Å². The van der Waals surface area contributed by atoms with E-state index in [2.05, 4.69) is 0 Å². The summed E-state index contributed by atoms with van der Waals surface area (Å²) < 4.78 is 22.5. The van der Waals surface area contributed by atoms with Crippen molar-refractivity contribution in [3.05, 3.63) is 57.6 Å². The van der Waals surface area contributed by atoms with Gasteiger partial charge >= 0.3 is 0 Å². The van der Waals surface area contributed by atoms with Crippen molar-refractivity contribution in [3.8, 4) is 11.5 Å². The number of carbonyl (C=O) groups is 2. The minimum Gasteiger partial charge on any atom is -0.507 e. The fraction of sp³-hybridized carbons (Fsp3) is 0.481. The van der Waals surface area contributed by atoms with Crippen molar-refractivity contribution < 1.29 is 49.0 Å². The molecule has 5 rings (SSSR count). The van der Waals surface area contributed by atoms with Gasteiger partial charge in [-0.3, -0.25) is 9.59 Å². The molecule has 1 aliphatic heterocycles. The van der Waals surface area contributed by atoms with Crippen molar-refractivity contribution >= 4 is 11.6 Å². The summed E-state index contributed by atoms with van der Waals surface area (Å²) in [7, 11) is 2.80. The second-order valence-corrected chi connectivity index (χ2v) is 10.2. The molecule has 198 valence electrons. The van der Waals surface area contributed by atoms with Gasteiger partial charge < -0.3 is 39.4 Å². The number of hydrogen-bond acceptors (Lipinski definition) is 10. The van der Waals surface area contributed by atoms with Gasteiger partial charge in [0.05, 0.1) is 30.5 Å². The highest BCUT2D eigenvalue weighted by atomic mass is 16.7. The van der Waals surface area contributed by atoms with Gasteiger partial charge in [0.15, 0.2) is 17.9 Å². The van der Waals surface area contributed by atoms with Crippen molar-refractivity contribution in [1.29, 1.82) is 0 Å². The molecule has 1 saturated heterocycles. The first kappa shape index (κ1) is 25.8. The molecule has 10 heteroatoms. The molecule has 0 spiro atoms. The number of hydrogen-bond donors (Lipinski definition) is 4. The topological polar surface area (TPSA) is 152 Å². The fourth-order valence-electron chi connectivity index (χ4n) is 5.59. The SMILES string of the molecule is COc1ccc2c(c1)C(=O)c1cc3c(c(O)c1C2=O)C(OC1OC(C)C(O)C(O)C1OC)CC(C)(O)C3. The maximum Gasteiger partial charge on any atom is 0.198 e. The van der Waals surface area contributed by atoms with Gasteiger partial charge in [0, 0.05) is 42.2 Å². The quantitative estimate of drug-likeness (QED) is 0.402. The van der Waals surface area contributed by atoms with Crippen LogP contribution in [0.4, 0.5) is 0 Å². The number of phenolic OH excluding ortho intramolecular Hbond substituents is 1. The average Bonchev–Trinajstić information content (AvgIpc) is 2.84. The van der Waals surface area contributed by atoms with E-state index in [1.807, 2.05) is 0 Å². The van der Waals surface area contributed by atoms with Crippen LogP contribution in [-0.2, 0) is 20.6 Å². The van der Waals surface area contributed by atoms with Gasteiger partial charge in [-0.25, -0.2) is 0 Å². The summed E-state index contributed by atoms with van der Waals surface area (Å²) in [5.74, 6) is -0.931. The third-order valence-electron chi connectivity index (χ3n) is 7.49. The normalized spacial score (nSPS) is 32.9.